The third-order valence-electron chi connectivity index (χ3n) is 2.05. The molecule has 0 amide bonds. The van der Waals surface area contributed by atoms with Crippen LogP contribution in [0, 0.1) is 5.92 Å². The molecule has 0 saturated heterocycles. The summed E-state index contributed by atoms with van der Waals surface area (Å²) in [6.07, 6.45) is 4.80. The van der Waals surface area contributed by atoms with Crippen molar-refractivity contribution in [1.82, 2.24) is 0 Å². The highest BCUT2D eigenvalue weighted by Gasteiger charge is 2.06. The Morgan fingerprint density at radius 1 is 1.42 bits per heavy atom. The fourth-order valence-electron chi connectivity index (χ4n) is 1.22. The van der Waals surface area contributed by atoms with Gasteiger partial charge in [-0.3, -0.25) is 4.79 Å². The van der Waals surface area contributed by atoms with Crippen molar-refractivity contribution in [2.45, 2.75) is 46.0 Å². The van der Waals surface area contributed by atoms with E-state index in [0.29, 0.717) is 18.1 Å². The highest BCUT2D eigenvalue weighted by molar-refractivity contribution is 6.17. The van der Waals surface area contributed by atoms with Gasteiger partial charge in [-0.1, -0.05) is 26.7 Å². The van der Waals surface area contributed by atoms with E-state index >= 15 is 0 Å². The number of hydrogen-bond donors (Lipinski definition) is 0. The van der Waals surface area contributed by atoms with Gasteiger partial charge >= 0.3 is 0 Å². The predicted molar refractivity (Wildman–Crippen MR) is 53.7 cm³/mol. The minimum atomic E-state index is 0.383. The number of halogens is 1. The number of hydrogen-bond acceptors (Lipinski definition) is 1. The number of carbonyl (C=O) groups is 1. The van der Waals surface area contributed by atoms with Crippen molar-refractivity contribution < 1.29 is 4.79 Å². The summed E-state index contributed by atoms with van der Waals surface area (Å²) in [6, 6.07) is 0. The van der Waals surface area contributed by atoms with Gasteiger partial charge in [-0.05, 0) is 12.3 Å². The van der Waals surface area contributed by atoms with Gasteiger partial charge in [0.2, 0.25) is 0 Å². The molecule has 0 fully saturated rings. The van der Waals surface area contributed by atoms with Gasteiger partial charge in [-0.25, -0.2) is 0 Å². The van der Waals surface area contributed by atoms with Crippen LogP contribution in [0.2, 0.25) is 0 Å². The second-order valence-electron chi connectivity index (χ2n) is 3.39. The Morgan fingerprint density at radius 3 is 2.58 bits per heavy atom. The molecular weight excluding hydrogens is 172 g/mol. The van der Waals surface area contributed by atoms with Crippen LogP contribution in [0.3, 0.4) is 0 Å². The summed E-state index contributed by atoms with van der Waals surface area (Å²) in [4.78, 5) is 11.0. The third kappa shape index (κ3) is 6.66. The topological polar surface area (TPSA) is 17.1 Å². The maximum atomic E-state index is 11.0. The van der Waals surface area contributed by atoms with E-state index in [2.05, 4.69) is 6.92 Å². The van der Waals surface area contributed by atoms with Crippen molar-refractivity contribution in [3.05, 3.63) is 0 Å². The molecule has 0 N–H and O–H groups in total. The summed E-state index contributed by atoms with van der Waals surface area (Å²) in [5, 5.41) is 0. The van der Waals surface area contributed by atoms with Gasteiger partial charge in [0.1, 0.15) is 5.78 Å². The lowest BCUT2D eigenvalue weighted by atomic mass is 9.98. The van der Waals surface area contributed by atoms with Crippen LogP contribution in [0.15, 0.2) is 0 Å². The maximum Gasteiger partial charge on any atom is 0.132 e. The van der Waals surface area contributed by atoms with Gasteiger partial charge in [0.15, 0.2) is 0 Å². The molecule has 1 atom stereocenters. The molecule has 0 aromatic rings. The summed E-state index contributed by atoms with van der Waals surface area (Å²) in [6.45, 7) is 4.07. The Balaban J connectivity index is 3.32. The van der Waals surface area contributed by atoms with Crippen LogP contribution in [0.4, 0.5) is 0 Å². The van der Waals surface area contributed by atoms with Crippen molar-refractivity contribution in [3.8, 4) is 0 Å². The van der Waals surface area contributed by atoms with E-state index in [9.17, 15) is 4.79 Å². The molecule has 0 radical (unpaired) electrons. The van der Waals surface area contributed by atoms with E-state index < -0.39 is 0 Å². The Hall–Kier alpha value is -0.0400. The molecule has 0 aliphatic heterocycles. The van der Waals surface area contributed by atoms with Gasteiger partial charge in [-0.2, -0.15) is 0 Å². The second-order valence-corrected chi connectivity index (χ2v) is 3.76. The van der Waals surface area contributed by atoms with Crippen molar-refractivity contribution in [2.24, 2.45) is 5.92 Å². The highest BCUT2D eigenvalue weighted by atomic mass is 35.5. The SMILES string of the molecule is CCC(=O)CC(C)CCCCCl. The summed E-state index contributed by atoms with van der Waals surface area (Å²) in [7, 11) is 0. The molecule has 0 heterocycles. The lowest BCUT2D eigenvalue weighted by molar-refractivity contribution is -0.119. The first kappa shape index (κ1) is 12.0. The van der Waals surface area contributed by atoms with E-state index in [0.717, 1.165) is 31.6 Å². The Bertz CT molecular complexity index is 123. The van der Waals surface area contributed by atoms with Crippen LogP contribution in [-0.4, -0.2) is 11.7 Å². The third-order valence-corrected chi connectivity index (χ3v) is 2.32. The quantitative estimate of drug-likeness (QED) is 0.444. The zero-order valence-electron chi connectivity index (χ0n) is 8.11. The van der Waals surface area contributed by atoms with Crippen LogP contribution in [0.25, 0.3) is 0 Å². The highest BCUT2D eigenvalue weighted by Crippen LogP contribution is 2.13. The molecule has 0 aliphatic carbocycles. The van der Waals surface area contributed by atoms with Crippen LogP contribution in [0.5, 0.6) is 0 Å². The van der Waals surface area contributed by atoms with Crippen LogP contribution in [0.1, 0.15) is 46.0 Å². The van der Waals surface area contributed by atoms with E-state index in [4.69, 9.17) is 11.6 Å². The van der Waals surface area contributed by atoms with Crippen LogP contribution in [-0.2, 0) is 4.79 Å². The summed E-state index contributed by atoms with van der Waals surface area (Å²) in [5.41, 5.74) is 0. The molecule has 0 spiro atoms. The number of ketones is 1. The first-order valence-electron chi connectivity index (χ1n) is 4.78. The zero-order valence-corrected chi connectivity index (χ0v) is 8.86. The normalized spacial score (nSPS) is 12.9. The summed E-state index contributed by atoms with van der Waals surface area (Å²) >= 11 is 5.55. The summed E-state index contributed by atoms with van der Waals surface area (Å²) < 4.78 is 0. The van der Waals surface area contributed by atoms with E-state index in [1.165, 1.54) is 0 Å². The maximum absolute atomic E-state index is 11.0. The fourth-order valence-corrected chi connectivity index (χ4v) is 1.41. The molecule has 2 heteroatoms. The van der Waals surface area contributed by atoms with E-state index in [-0.39, 0.29) is 0 Å². The van der Waals surface area contributed by atoms with E-state index in [1.807, 2.05) is 6.92 Å². The molecule has 0 aliphatic rings. The molecule has 72 valence electrons. The molecule has 0 aromatic heterocycles. The largest absolute Gasteiger partial charge is 0.300 e. The Morgan fingerprint density at radius 2 is 2.08 bits per heavy atom. The Labute approximate surface area is 80.5 Å². The van der Waals surface area contributed by atoms with Gasteiger partial charge < -0.3 is 0 Å². The van der Waals surface area contributed by atoms with Gasteiger partial charge in [0, 0.05) is 18.7 Å². The first-order valence-corrected chi connectivity index (χ1v) is 5.31. The molecule has 1 nitrogen and oxygen atoms in total. The predicted octanol–water partition coefficient (Wildman–Crippen LogP) is 3.40. The summed E-state index contributed by atoms with van der Waals surface area (Å²) in [5.74, 6) is 1.67. The van der Waals surface area contributed by atoms with Gasteiger partial charge in [0.25, 0.3) is 0 Å². The standard InChI is InChI=1S/C10H19ClO/c1-3-10(12)8-9(2)6-4-5-7-11/h9H,3-8H2,1-2H3. The molecule has 1 unspecified atom stereocenters. The zero-order chi connectivity index (χ0) is 9.40. The number of rotatable bonds is 7. The lowest BCUT2D eigenvalue weighted by Crippen LogP contribution is -2.04. The number of carbonyl (C=O) groups excluding carboxylic acids is 1. The molecule has 0 saturated carbocycles. The van der Waals surface area contributed by atoms with Crippen LogP contribution < -0.4 is 0 Å². The van der Waals surface area contributed by atoms with Gasteiger partial charge in [-0.15, -0.1) is 11.6 Å². The average molecular weight is 191 g/mol. The monoisotopic (exact) mass is 190 g/mol. The van der Waals surface area contributed by atoms with Crippen LogP contribution >= 0.6 is 11.6 Å². The lowest BCUT2D eigenvalue weighted by Gasteiger charge is -2.08. The molecular formula is C10H19ClO. The minimum Gasteiger partial charge on any atom is -0.300 e. The van der Waals surface area contributed by atoms with E-state index in [1.54, 1.807) is 0 Å². The second kappa shape index (κ2) is 7.60. The van der Waals surface area contributed by atoms with Crippen molar-refractivity contribution in [2.75, 3.05) is 5.88 Å². The van der Waals surface area contributed by atoms with Gasteiger partial charge in [0.05, 0.1) is 0 Å². The average Bonchev–Trinajstić information content (AvgIpc) is 2.05. The Kier molecular flexibility index (Phi) is 7.58. The molecule has 0 rings (SSSR count). The van der Waals surface area contributed by atoms with Crippen molar-refractivity contribution in [1.29, 1.82) is 0 Å². The first-order chi connectivity index (χ1) is 5.70. The molecule has 0 aromatic carbocycles. The number of Topliss-reactive ketones (excluding diaryl/α,β-unsaturated/α-hetero) is 1. The van der Waals surface area contributed by atoms with Crippen molar-refractivity contribution >= 4 is 17.4 Å². The minimum absolute atomic E-state index is 0.383. The van der Waals surface area contributed by atoms with Crippen molar-refractivity contribution in [3.63, 3.8) is 0 Å². The fraction of sp³-hybridized carbons (Fsp3) is 0.900. The smallest absolute Gasteiger partial charge is 0.132 e. The molecule has 0 bridgehead atoms. The number of unbranched alkanes of at least 4 members (excludes halogenated alkanes) is 1. The number of alkyl halides is 1. The molecule has 12 heavy (non-hydrogen) atoms.